The summed E-state index contributed by atoms with van der Waals surface area (Å²) in [7, 11) is 0. The van der Waals surface area contributed by atoms with Gasteiger partial charge < -0.3 is 4.90 Å². The maximum absolute atomic E-state index is 2.46. The van der Waals surface area contributed by atoms with E-state index in [2.05, 4.69) is 231 Å². The molecule has 1 aliphatic rings. The zero-order chi connectivity index (χ0) is 37.6. The molecule has 56 heavy (non-hydrogen) atoms. The zero-order valence-electron chi connectivity index (χ0n) is 31.7. The van der Waals surface area contributed by atoms with Gasteiger partial charge in [-0.05, 0) is 102 Å². The average molecular weight is 716 g/mol. The van der Waals surface area contributed by atoms with Crippen molar-refractivity contribution in [2.24, 2.45) is 0 Å². The third-order valence-electron chi connectivity index (χ3n) is 11.7. The first-order valence-corrected chi connectivity index (χ1v) is 19.5. The SMILES string of the molecule is CC1(C)c2ccccc2-c2c(N(c3ccc(-c4ccc(-c5cccc6ccccc56)cc4)cc3)c3cccc(-c4ccccc4-c4ccccc4)c3)cccc21. The van der Waals surface area contributed by atoms with Crippen molar-refractivity contribution in [2.45, 2.75) is 19.3 Å². The van der Waals surface area contributed by atoms with Crippen LogP contribution < -0.4 is 4.90 Å². The van der Waals surface area contributed by atoms with Crippen LogP contribution in [0.5, 0.6) is 0 Å². The Bertz CT molecular complexity index is 2860. The molecule has 0 saturated heterocycles. The van der Waals surface area contributed by atoms with Crippen LogP contribution in [-0.4, -0.2) is 0 Å². The lowest BCUT2D eigenvalue weighted by Crippen LogP contribution is -2.16. The van der Waals surface area contributed by atoms with Crippen LogP contribution in [0, 0.1) is 0 Å². The Morgan fingerprint density at radius 1 is 0.339 bits per heavy atom. The number of benzene rings is 9. The van der Waals surface area contributed by atoms with E-state index in [-0.39, 0.29) is 5.41 Å². The first-order valence-electron chi connectivity index (χ1n) is 19.5. The normalized spacial score (nSPS) is 12.6. The smallest absolute Gasteiger partial charge is 0.0543 e. The molecular formula is C55H41N. The Labute approximate surface area is 329 Å². The van der Waals surface area contributed by atoms with Gasteiger partial charge in [-0.2, -0.15) is 0 Å². The van der Waals surface area contributed by atoms with Gasteiger partial charge >= 0.3 is 0 Å². The summed E-state index contributed by atoms with van der Waals surface area (Å²) in [5.41, 5.74) is 18.4. The fraction of sp³-hybridized carbons (Fsp3) is 0.0545. The van der Waals surface area contributed by atoms with Crippen LogP contribution in [0.4, 0.5) is 17.1 Å². The van der Waals surface area contributed by atoms with Gasteiger partial charge in [0, 0.05) is 22.4 Å². The lowest BCUT2D eigenvalue weighted by Gasteiger charge is -2.29. The highest BCUT2D eigenvalue weighted by Gasteiger charge is 2.37. The molecule has 0 saturated carbocycles. The lowest BCUT2D eigenvalue weighted by atomic mass is 9.82. The molecule has 0 heterocycles. The number of fused-ring (bicyclic) bond motifs is 4. The summed E-state index contributed by atoms with van der Waals surface area (Å²) in [4.78, 5) is 2.46. The molecule has 0 aliphatic heterocycles. The summed E-state index contributed by atoms with van der Waals surface area (Å²) >= 11 is 0. The summed E-state index contributed by atoms with van der Waals surface area (Å²) in [6, 6.07) is 77.5. The molecule has 0 bridgehead atoms. The van der Waals surface area contributed by atoms with Crippen molar-refractivity contribution in [2.75, 3.05) is 4.90 Å². The van der Waals surface area contributed by atoms with Crippen LogP contribution in [0.3, 0.4) is 0 Å². The van der Waals surface area contributed by atoms with E-state index in [1.807, 2.05) is 0 Å². The van der Waals surface area contributed by atoms with Crippen molar-refractivity contribution in [3.8, 4) is 55.6 Å². The molecule has 0 fully saturated rings. The second kappa shape index (κ2) is 13.7. The van der Waals surface area contributed by atoms with E-state index in [1.54, 1.807) is 0 Å². The summed E-state index contributed by atoms with van der Waals surface area (Å²) in [5.74, 6) is 0. The third kappa shape index (κ3) is 5.72. The van der Waals surface area contributed by atoms with Crippen molar-refractivity contribution in [3.63, 3.8) is 0 Å². The molecule has 0 aromatic heterocycles. The van der Waals surface area contributed by atoms with E-state index in [1.165, 1.54) is 83.2 Å². The Hall–Kier alpha value is -6.96. The Kier molecular flexibility index (Phi) is 8.23. The van der Waals surface area contributed by atoms with Crippen LogP contribution in [-0.2, 0) is 5.41 Å². The van der Waals surface area contributed by atoms with Crippen molar-refractivity contribution in [1.82, 2.24) is 0 Å². The largest absolute Gasteiger partial charge is 0.310 e. The lowest BCUT2D eigenvalue weighted by molar-refractivity contribution is 0.660. The molecule has 0 N–H and O–H groups in total. The first-order chi connectivity index (χ1) is 27.5. The molecule has 0 unspecified atom stereocenters. The molecule has 0 radical (unpaired) electrons. The van der Waals surface area contributed by atoms with E-state index in [9.17, 15) is 0 Å². The predicted octanol–water partition coefficient (Wildman–Crippen LogP) is 15.3. The van der Waals surface area contributed by atoms with Gasteiger partial charge in [0.2, 0.25) is 0 Å². The van der Waals surface area contributed by atoms with Crippen molar-refractivity contribution < 1.29 is 0 Å². The average Bonchev–Trinajstić information content (AvgIpc) is 3.50. The summed E-state index contributed by atoms with van der Waals surface area (Å²) in [5, 5.41) is 2.54. The van der Waals surface area contributed by atoms with Crippen molar-refractivity contribution >= 4 is 27.8 Å². The molecule has 9 aromatic carbocycles. The van der Waals surface area contributed by atoms with Gasteiger partial charge in [0.15, 0.2) is 0 Å². The van der Waals surface area contributed by atoms with Crippen molar-refractivity contribution in [1.29, 1.82) is 0 Å². The van der Waals surface area contributed by atoms with Gasteiger partial charge in [0.05, 0.1) is 5.69 Å². The van der Waals surface area contributed by atoms with E-state index in [0.29, 0.717) is 0 Å². The highest BCUT2D eigenvalue weighted by atomic mass is 15.1. The van der Waals surface area contributed by atoms with Gasteiger partial charge in [-0.25, -0.2) is 0 Å². The molecule has 9 aromatic rings. The minimum atomic E-state index is -0.105. The van der Waals surface area contributed by atoms with E-state index in [4.69, 9.17) is 0 Å². The van der Waals surface area contributed by atoms with Crippen LogP contribution in [0.2, 0.25) is 0 Å². The van der Waals surface area contributed by atoms with Gasteiger partial charge in [0.1, 0.15) is 0 Å². The van der Waals surface area contributed by atoms with E-state index < -0.39 is 0 Å². The standard InChI is InChI=1S/C55H41N/c1-55(2)51-26-11-10-24-50(51)54-52(55)27-14-28-53(54)56(45-20-12-19-43(37-45)49-23-9-8-22-47(49)40-15-4-3-5-16-40)44-35-33-39(34-36-44)38-29-31-42(32-30-38)48-25-13-18-41-17-6-7-21-46(41)48/h3-37H,1-2H3. The topological polar surface area (TPSA) is 3.24 Å². The second-order valence-corrected chi connectivity index (χ2v) is 15.3. The molecule has 0 spiro atoms. The molecule has 1 heteroatoms. The quantitative estimate of drug-likeness (QED) is 0.159. The third-order valence-corrected chi connectivity index (χ3v) is 11.7. The van der Waals surface area contributed by atoms with Gasteiger partial charge in [-0.3, -0.25) is 0 Å². The van der Waals surface area contributed by atoms with Gasteiger partial charge in [0.25, 0.3) is 0 Å². The van der Waals surface area contributed by atoms with E-state index >= 15 is 0 Å². The summed E-state index contributed by atoms with van der Waals surface area (Å²) < 4.78 is 0. The Morgan fingerprint density at radius 3 is 1.64 bits per heavy atom. The number of anilines is 3. The van der Waals surface area contributed by atoms with Gasteiger partial charge in [-0.1, -0.05) is 196 Å². The molecule has 0 atom stereocenters. The monoisotopic (exact) mass is 715 g/mol. The highest BCUT2D eigenvalue weighted by molar-refractivity contribution is 5.98. The molecule has 1 nitrogen and oxygen atoms in total. The van der Waals surface area contributed by atoms with E-state index in [0.717, 1.165) is 11.4 Å². The maximum atomic E-state index is 2.46. The Morgan fingerprint density at radius 2 is 0.857 bits per heavy atom. The minimum Gasteiger partial charge on any atom is -0.310 e. The minimum absolute atomic E-state index is 0.105. The van der Waals surface area contributed by atoms with Crippen LogP contribution >= 0.6 is 0 Å². The fourth-order valence-electron chi connectivity index (χ4n) is 8.89. The number of rotatable bonds is 7. The van der Waals surface area contributed by atoms with Crippen LogP contribution in [0.15, 0.2) is 212 Å². The van der Waals surface area contributed by atoms with Crippen LogP contribution in [0.1, 0.15) is 25.0 Å². The van der Waals surface area contributed by atoms with Crippen LogP contribution in [0.25, 0.3) is 66.4 Å². The highest BCUT2D eigenvalue weighted by Crippen LogP contribution is 2.54. The number of hydrogen-bond acceptors (Lipinski definition) is 1. The zero-order valence-corrected chi connectivity index (χ0v) is 31.7. The van der Waals surface area contributed by atoms with Crippen molar-refractivity contribution in [3.05, 3.63) is 223 Å². The fourth-order valence-corrected chi connectivity index (χ4v) is 8.89. The molecule has 266 valence electrons. The summed E-state index contributed by atoms with van der Waals surface area (Å²) in [6.07, 6.45) is 0. The summed E-state index contributed by atoms with van der Waals surface area (Å²) in [6.45, 7) is 4.71. The Balaban J connectivity index is 1.09. The maximum Gasteiger partial charge on any atom is 0.0543 e. The number of nitrogens with zero attached hydrogens (tertiary/aromatic N) is 1. The predicted molar refractivity (Wildman–Crippen MR) is 238 cm³/mol. The first kappa shape index (κ1) is 33.6. The van der Waals surface area contributed by atoms with Gasteiger partial charge in [-0.15, -0.1) is 0 Å². The second-order valence-electron chi connectivity index (χ2n) is 15.3. The molecule has 10 rings (SSSR count). The number of hydrogen-bond donors (Lipinski definition) is 0. The molecule has 0 amide bonds. The molecule has 1 aliphatic carbocycles. The molecular weight excluding hydrogens is 675 g/mol.